The van der Waals surface area contributed by atoms with Gasteiger partial charge in [0.25, 0.3) is 0 Å². The monoisotopic (exact) mass is 241 g/mol. The minimum atomic E-state index is 0.337. The predicted molar refractivity (Wildman–Crippen MR) is 65.5 cm³/mol. The molecule has 16 heavy (non-hydrogen) atoms. The topological polar surface area (TPSA) is 30.7 Å². The normalized spacial score (nSPS) is 25.5. The van der Waals surface area contributed by atoms with Gasteiger partial charge in [-0.05, 0) is 24.7 Å². The second-order valence-corrected chi connectivity index (χ2v) is 5.72. The Morgan fingerprint density at radius 1 is 1.50 bits per heavy atom. The maximum absolute atomic E-state index is 6.30. The number of nitrogens with zero attached hydrogens (tertiary/aromatic N) is 3. The molecule has 1 aliphatic carbocycles. The van der Waals surface area contributed by atoms with E-state index in [0.29, 0.717) is 17.2 Å². The van der Waals surface area contributed by atoms with Crippen molar-refractivity contribution in [1.29, 1.82) is 0 Å². The first kappa shape index (κ1) is 11.9. The highest BCUT2D eigenvalue weighted by Crippen LogP contribution is 2.32. The van der Waals surface area contributed by atoms with Gasteiger partial charge in [0.1, 0.15) is 12.2 Å². The van der Waals surface area contributed by atoms with Gasteiger partial charge in [-0.3, -0.25) is 0 Å². The van der Waals surface area contributed by atoms with Crippen LogP contribution in [0.2, 0.25) is 0 Å². The van der Waals surface area contributed by atoms with Crippen molar-refractivity contribution in [3.05, 3.63) is 12.2 Å². The third kappa shape index (κ3) is 2.76. The minimum Gasteiger partial charge on any atom is -0.250 e. The molecule has 1 aromatic rings. The van der Waals surface area contributed by atoms with Gasteiger partial charge in [0.2, 0.25) is 0 Å². The van der Waals surface area contributed by atoms with Crippen molar-refractivity contribution >= 4 is 11.6 Å². The first-order valence-corrected chi connectivity index (χ1v) is 6.61. The van der Waals surface area contributed by atoms with E-state index < -0.39 is 0 Å². The zero-order valence-electron chi connectivity index (χ0n) is 10.1. The largest absolute Gasteiger partial charge is 0.250 e. The van der Waals surface area contributed by atoms with Gasteiger partial charge in [0.05, 0.1) is 0 Å². The Hall–Kier alpha value is -0.570. The van der Waals surface area contributed by atoms with Crippen molar-refractivity contribution in [1.82, 2.24) is 14.8 Å². The van der Waals surface area contributed by atoms with Crippen LogP contribution in [0.25, 0.3) is 0 Å². The van der Waals surface area contributed by atoms with Crippen LogP contribution in [-0.4, -0.2) is 20.1 Å². The highest BCUT2D eigenvalue weighted by molar-refractivity contribution is 6.20. The molecule has 1 saturated carbocycles. The predicted octanol–water partition coefficient (Wildman–Crippen LogP) is 2.88. The molecular weight excluding hydrogens is 222 g/mol. The molecule has 0 radical (unpaired) electrons. The standard InChI is InChI=1S/C12H20ClN3/c1-9(2)7-16-12(14-8-15-16)6-10-4-3-5-11(10)13/h8-11H,3-7H2,1-2H3. The Balaban J connectivity index is 2.00. The van der Waals surface area contributed by atoms with Crippen molar-refractivity contribution in [2.24, 2.45) is 11.8 Å². The van der Waals surface area contributed by atoms with Gasteiger partial charge in [0, 0.05) is 18.3 Å². The summed E-state index contributed by atoms with van der Waals surface area (Å²) in [5.41, 5.74) is 0. The van der Waals surface area contributed by atoms with Crippen LogP contribution in [0.5, 0.6) is 0 Å². The number of rotatable bonds is 4. The van der Waals surface area contributed by atoms with E-state index in [2.05, 4.69) is 23.9 Å². The molecule has 1 fully saturated rings. The fraction of sp³-hybridized carbons (Fsp3) is 0.833. The maximum Gasteiger partial charge on any atom is 0.138 e. The number of hydrogen-bond donors (Lipinski definition) is 0. The van der Waals surface area contributed by atoms with Crippen molar-refractivity contribution in [3.63, 3.8) is 0 Å². The van der Waals surface area contributed by atoms with Crippen LogP contribution >= 0.6 is 11.6 Å². The molecule has 0 aliphatic heterocycles. The van der Waals surface area contributed by atoms with Gasteiger partial charge in [-0.2, -0.15) is 5.10 Å². The quantitative estimate of drug-likeness (QED) is 0.759. The number of halogens is 1. The molecule has 1 aliphatic rings. The van der Waals surface area contributed by atoms with E-state index in [4.69, 9.17) is 11.6 Å². The van der Waals surface area contributed by atoms with Crippen molar-refractivity contribution in [3.8, 4) is 0 Å². The summed E-state index contributed by atoms with van der Waals surface area (Å²) in [5.74, 6) is 2.30. The molecule has 0 aromatic carbocycles. The summed E-state index contributed by atoms with van der Waals surface area (Å²) >= 11 is 6.30. The first-order chi connectivity index (χ1) is 7.66. The van der Waals surface area contributed by atoms with Crippen molar-refractivity contribution < 1.29 is 0 Å². The molecule has 0 amide bonds. The number of aromatic nitrogens is 3. The lowest BCUT2D eigenvalue weighted by Crippen LogP contribution is -2.16. The highest BCUT2D eigenvalue weighted by atomic mass is 35.5. The highest BCUT2D eigenvalue weighted by Gasteiger charge is 2.26. The summed E-state index contributed by atoms with van der Waals surface area (Å²) in [5, 5.41) is 4.62. The van der Waals surface area contributed by atoms with E-state index in [9.17, 15) is 0 Å². The van der Waals surface area contributed by atoms with E-state index >= 15 is 0 Å². The van der Waals surface area contributed by atoms with Crippen molar-refractivity contribution in [2.45, 2.75) is 51.5 Å². The Labute approximate surface area is 102 Å². The summed E-state index contributed by atoms with van der Waals surface area (Å²) < 4.78 is 2.03. The zero-order valence-corrected chi connectivity index (χ0v) is 10.8. The van der Waals surface area contributed by atoms with E-state index in [1.807, 2.05) is 4.68 Å². The molecule has 2 atom stereocenters. The fourth-order valence-corrected chi connectivity index (χ4v) is 2.77. The summed E-state index contributed by atoms with van der Waals surface area (Å²) in [4.78, 5) is 4.36. The second kappa shape index (κ2) is 5.17. The average Bonchev–Trinajstić information content (AvgIpc) is 2.78. The number of alkyl halides is 1. The molecule has 0 saturated heterocycles. The molecular formula is C12H20ClN3. The van der Waals surface area contributed by atoms with E-state index in [1.54, 1.807) is 6.33 Å². The van der Waals surface area contributed by atoms with E-state index in [1.165, 1.54) is 12.8 Å². The molecule has 1 heterocycles. The van der Waals surface area contributed by atoms with Crippen LogP contribution in [0.15, 0.2) is 6.33 Å². The third-order valence-electron chi connectivity index (χ3n) is 3.24. The molecule has 2 rings (SSSR count). The Morgan fingerprint density at radius 3 is 2.94 bits per heavy atom. The van der Waals surface area contributed by atoms with Gasteiger partial charge in [0.15, 0.2) is 0 Å². The SMILES string of the molecule is CC(C)Cn1ncnc1CC1CCCC1Cl. The van der Waals surface area contributed by atoms with Gasteiger partial charge in [-0.15, -0.1) is 11.6 Å². The van der Waals surface area contributed by atoms with Gasteiger partial charge >= 0.3 is 0 Å². The molecule has 0 bridgehead atoms. The van der Waals surface area contributed by atoms with E-state index in [0.717, 1.165) is 25.2 Å². The van der Waals surface area contributed by atoms with Crippen LogP contribution < -0.4 is 0 Å². The lowest BCUT2D eigenvalue weighted by Gasteiger charge is -2.14. The molecule has 1 aromatic heterocycles. The molecule has 0 spiro atoms. The second-order valence-electron chi connectivity index (χ2n) is 5.16. The van der Waals surface area contributed by atoms with Gasteiger partial charge in [-0.25, -0.2) is 9.67 Å². The van der Waals surface area contributed by atoms with Crippen LogP contribution in [0.4, 0.5) is 0 Å². The smallest absolute Gasteiger partial charge is 0.138 e. The summed E-state index contributed by atoms with van der Waals surface area (Å²) in [7, 11) is 0. The first-order valence-electron chi connectivity index (χ1n) is 6.17. The maximum atomic E-state index is 6.30. The molecule has 4 heteroatoms. The average molecular weight is 242 g/mol. The third-order valence-corrected chi connectivity index (χ3v) is 3.82. The molecule has 3 nitrogen and oxygen atoms in total. The Kier molecular flexibility index (Phi) is 3.85. The Bertz CT molecular complexity index is 335. The fourth-order valence-electron chi connectivity index (χ4n) is 2.40. The van der Waals surface area contributed by atoms with Crippen LogP contribution in [-0.2, 0) is 13.0 Å². The minimum absolute atomic E-state index is 0.337. The van der Waals surface area contributed by atoms with E-state index in [-0.39, 0.29) is 0 Å². The molecule has 0 N–H and O–H groups in total. The summed E-state index contributed by atoms with van der Waals surface area (Å²) in [6, 6.07) is 0. The van der Waals surface area contributed by atoms with Crippen LogP contribution in [0, 0.1) is 11.8 Å². The van der Waals surface area contributed by atoms with Crippen LogP contribution in [0.3, 0.4) is 0 Å². The lowest BCUT2D eigenvalue weighted by molar-refractivity contribution is 0.442. The summed E-state index contributed by atoms with van der Waals surface area (Å²) in [6.07, 6.45) is 6.31. The van der Waals surface area contributed by atoms with Gasteiger partial charge < -0.3 is 0 Å². The summed E-state index contributed by atoms with van der Waals surface area (Å²) in [6.45, 7) is 5.35. The Morgan fingerprint density at radius 2 is 2.31 bits per heavy atom. The molecule has 90 valence electrons. The number of hydrogen-bond acceptors (Lipinski definition) is 2. The van der Waals surface area contributed by atoms with Crippen molar-refractivity contribution in [2.75, 3.05) is 0 Å². The van der Waals surface area contributed by atoms with Gasteiger partial charge in [-0.1, -0.05) is 20.3 Å². The molecule has 2 unspecified atom stereocenters. The lowest BCUT2D eigenvalue weighted by atomic mass is 10.0. The zero-order chi connectivity index (χ0) is 11.5. The van der Waals surface area contributed by atoms with Crippen LogP contribution in [0.1, 0.15) is 38.9 Å².